The zero-order valence-corrected chi connectivity index (χ0v) is 17.1. The average molecular weight is 430 g/mol. The van der Waals surface area contributed by atoms with Crippen LogP contribution in [0.3, 0.4) is 0 Å². The van der Waals surface area contributed by atoms with Gasteiger partial charge in [-0.15, -0.1) is 0 Å². The maximum atomic E-state index is 13.0. The maximum absolute atomic E-state index is 13.0. The molecule has 0 aromatic heterocycles. The second-order valence-corrected chi connectivity index (χ2v) is 6.99. The average Bonchev–Trinajstić information content (AvgIpc) is 3.07. The number of carbonyl (C=O) groups excluding carboxylic acids is 2. The number of hydrogen-bond acceptors (Lipinski definition) is 7. The standard InChI is InChI=1S/C21H19FN2O5S/c1-3-28-17-10-13(4-9-16(17)29-12-19(25)27-2)11-18-20(26)24-21(30-18)23-15-7-5-14(22)6-8-15/h4-11H,3,12H2,1-2H3,(H,23,24,26)/b18-11+. The Hall–Kier alpha value is -3.33. The molecule has 0 atom stereocenters. The summed E-state index contributed by atoms with van der Waals surface area (Å²) in [5.41, 5.74) is 1.25. The van der Waals surface area contributed by atoms with E-state index in [9.17, 15) is 14.0 Å². The summed E-state index contributed by atoms with van der Waals surface area (Å²) in [6.45, 7) is 1.99. The van der Waals surface area contributed by atoms with Gasteiger partial charge in [0.1, 0.15) is 5.82 Å². The molecule has 0 saturated carbocycles. The summed E-state index contributed by atoms with van der Waals surface area (Å²) >= 11 is 1.18. The van der Waals surface area contributed by atoms with Crippen LogP contribution < -0.4 is 14.8 Å². The Bertz CT molecular complexity index is 1000. The summed E-state index contributed by atoms with van der Waals surface area (Å²) < 4.78 is 28.6. The fraction of sp³-hybridized carbons (Fsp3) is 0.190. The minimum Gasteiger partial charge on any atom is -0.490 e. The molecule has 9 heteroatoms. The van der Waals surface area contributed by atoms with Crippen molar-refractivity contribution in [3.05, 3.63) is 58.8 Å². The van der Waals surface area contributed by atoms with Crippen molar-refractivity contribution in [3.8, 4) is 11.5 Å². The van der Waals surface area contributed by atoms with Crippen LogP contribution in [0.4, 0.5) is 10.1 Å². The molecule has 1 saturated heterocycles. The zero-order valence-electron chi connectivity index (χ0n) is 16.3. The van der Waals surface area contributed by atoms with E-state index in [4.69, 9.17) is 9.47 Å². The molecular weight excluding hydrogens is 411 g/mol. The molecule has 0 radical (unpaired) electrons. The van der Waals surface area contributed by atoms with Gasteiger partial charge in [0.2, 0.25) is 0 Å². The van der Waals surface area contributed by atoms with Crippen molar-refractivity contribution in [1.29, 1.82) is 0 Å². The number of thioether (sulfide) groups is 1. The number of rotatable bonds is 7. The van der Waals surface area contributed by atoms with Crippen molar-refractivity contribution in [2.45, 2.75) is 6.92 Å². The highest BCUT2D eigenvalue weighted by atomic mass is 32.2. The number of aliphatic imine (C=N–C) groups is 1. The molecule has 30 heavy (non-hydrogen) atoms. The van der Waals surface area contributed by atoms with E-state index in [1.807, 2.05) is 6.92 Å². The first-order chi connectivity index (χ1) is 14.5. The highest BCUT2D eigenvalue weighted by molar-refractivity contribution is 8.18. The molecule has 156 valence electrons. The SMILES string of the molecule is CCOc1cc(/C=C2/SC(=Nc3ccc(F)cc3)NC2=O)ccc1OCC(=O)OC. The molecule has 1 aliphatic heterocycles. The molecule has 1 heterocycles. The summed E-state index contributed by atoms with van der Waals surface area (Å²) in [6.07, 6.45) is 1.69. The number of amides is 1. The van der Waals surface area contributed by atoms with E-state index in [-0.39, 0.29) is 18.3 Å². The quantitative estimate of drug-likeness (QED) is 0.533. The number of carbonyl (C=O) groups is 2. The van der Waals surface area contributed by atoms with Gasteiger partial charge in [0.25, 0.3) is 5.91 Å². The molecule has 1 aliphatic rings. The summed E-state index contributed by atoms with van der Waals surface area (Å²) in [6, 6.07) is 10.8. The van der Waals surface area contributed by atoms with E-state index in [0.29, 0.717) is 39.4 Å². The van der Waals surface area contributed by atoms with Crippen LogP contribution in [-0.4, -0.2) is 37.4 Å². The lowest BCUT2D eigenvalue weighted by Crippen LogP contribution is -2.19. The first kappa shape index (κ1) is 21.4. The maximum Gasteiger partial charge on any atom is 0.343 e. The lowest BCUT2D eigenvalue weighted by Gasteiger charge is -2.12. The van der Waals surface area contributed by atoms with E-state index in [1.54, 1.807) is 24.3 Å². The summed E-state index contributed by atoms with van der Waals surface area (Å²) in [5, 5.41) is 3.09. The van der Waals surface area contributed by atoms with Crippen molar-refractivity contribution in [3.63, 3.8) is 0 Å². The molecule has 0 bridgehead atoms. The fourth-order valence-electron chi connectivity index (χ4n) is 2.46. The van der Waals surface area contributed by atoms with Crippen LogP contribution in [0.1, 0.15) is 12.5 Å². The molecule has 1 fully saturated rings. The van der Waals surface area contributed by atoms with Gasteiger partial charge in [0.15, 0.2) is 23.3 Å². The van der Waals surface area contributed by atoms with Gasteiger partial charge in [-0.25, -0.2) is 14.2 Å². The lowest BCUT2D eigenvalue weighted by atomic mass is 10.2. The van der Waals surface area contributed by atoms with Gasteiger partial charge in [-0.3, -0.25) is 4.79 Å². The number of hydrogen-bond donors (Lipinski definition) is 1. The number of benzene rings is 2. The van der Waals surface area contributed by atoms with Crippen molar-refractivity contribution in [2.75, 3.05) is 20.3 Å². The lowest BCUT2D eigenvalue weighted by molar-refractivity contribution is -0.142. The number of nitrogens with zero attached hydrogens (tertiary/aromatic N) is 1. The van der Waals surface area contributed by atoms with Crippen molar-refractivity contribution >= 4 is 40.6 Å². The number of esters is 1. The van der Waals surface area contributed by atoms with Crippen molar-refractivity contribution in [1.82, 2.24) is 5.32 Å². The number of ether oxygens (including phenoxy) is 3. The monoisotopic (exact) mass is 430 g/mol. The number of methoxy groups -OCH3 is 1. The molecule has 0 unspecified atom stereocenters. The van der Waals surface area contributed by atoms with Gasteiger partial charge >= 0.3 is 5.97 Å². The molecule has 7 nitrogen and oxygen atoms in total. The van der Waals surface area contributed by atoms with Gasteiger partial charge in [0, 0.05) is 0 Å². The van der Waals surface area contributed by atoms with Crippen molar-refractivity contribution in [2.24, 2.45) is 4.99 Å². The van der Waals surface area contributed by atoms with Gasteiger partial charge < -0.3 is 19.5 Å². The Morgan fingerprint density at radius 1 is 1.17 bits per heavy atom. The van der Waals surface area contributed by atoms with Crippen LogP contribution in [0.5, 0.6) is 11.5 Å². The fourth-order valence-corrected chi connectivity index (χ4v) is 3.30. The molecule has 2 aromatic carbocycles. The third kappa shape index (κ3) is 5.60. The Kier molecular flexibility index (Phi) is 7.08. The van der Waals surface area contributed by atoms with Crippen LogP contribution >= 0.6 is 11.8 Å². The number of amidine groups is 1. The molecule has 0 aliphatic carbocycles. The highest BCUT2D eigenvalue weighted by Crippen LogP contribution is 2.32. The minimum absolute atomic E-state index is 0.238. The Labute approximate surface area is 176 Å². The summed E-state index contributed by atoms with van der Waals surface area (Å²) in [5.74, 6) is -0.307. The predicted octanol–water partition coefficient (Wildman–Crippen LogP) is 3.67. The summed E-state index contributed by atoms with van der Waals surface area (Å²) in [4.78, 5) is 28.3. The molecule has 2 aromatic rings. The molecule has 1 amide bonds. The second-order valence-electron chi connectivity index (χ2n) is 5.96. The molecule has 3 rings (SSSR count). The van der Waals surface area contributed by atoms with E-state index in [2.05, 4.69) is 15.0 Å². The van der Waals surface area contributed by atoms with Crippen LogP contribution in [-0.2, 0) is 14.3 Å². The van der Waals surface area contributed by atoms with E-state index in [0.717, 1.165) is 0 Å². The smallest absolute Gasteiger partial charge is 0.343 e. The Morgan fingerprint density at radius 3 is 2.63 bits per heavy atom. The van der Waals surface area contributed by atoms with E-state index in [1.165, 1.54) is 43.1 Å². The van der Waals surface area contributed by atoms with Gasteiger partial charge in [0.05, 0.1) is 24.3 Å². The first-order valence-corrected chi connectivity index (χ1v) is 9.81. The van der Waals surface area contributed by atoms with Crippen LogP contribution in [0.2, 0.25) is 0 Å². The van der Waals surface area contributed by atoms with Crippen LogP contribution in [0.25, 0.3) is 6.08 Å². The van der Waals surface area contributed by atoms with Gasteiger partial charge in [-0.05, 0) is 66.7 Å². The predicted molar refractivity (Wildman–Crippen MR) is 112 cm³/mol. The van der Waals surface area contributed by atoms with E-state index < -0.39 is 5.97 Å². The van der Waals surface area contributed by atoms with Crippen LogP contribution in [0.15, 0.2) is 52.4 Å². The first-order valence-electron chi connectivity index (χ1n) is 9.00. The van der Waals surface area contributed by atoms with Gasteiger partial charge in [-0.2, -0.15) is 0 Å². The normalized spacial score (nSPS) is 15.9. The van der Waals surface area contributed by atoms with Crippen molar-refractivity contribution < 1.29 is 28.2 Å². The van der Waals surface area contributed by atoms with E-state index >= 15 is 0 Å². The largest absolute Gasteiger partial charge is 0.490 e. The number of halogens is 1. The second kappa shape index (κ2) is 9.93. The number of nitrogens with one attached hydrogen (secondary N) is 1. The third-order valence-electron chi connectivity index (χ3n) is 3.85. The third-order valence-corrected chi connectivity index (χ3v) is 4.76. The Morgan fingerprint density at radius 2 is 1.93 bits per heavy atom. The summed E-state index contributed by atoms with van der Waals surface area (Å²) in [7, 11) is 1.28. The van der Waals surface area contributed by atoms with Crippen LogP contribution in [0, 0.1) is 5.82 Å². The zero-order chi connectivity index (χ0) is 21.5. The molecule has 0 spiro atoms. The van der Waals surface area contributed by atoms with Gasteiger partial charge in [-0.1, -0.05) is 6.07 Å². The molecular formula is C21H19FN2O5S. The minimum atomic E-state index is -0.504. The topological polar surface area (TPSA) is 86.2 Å². The highest BCUT2D eigenvalue weighted by Gasteiger charge is 2.24. The Balaban J connectivity index is 1.78. The molecule has 1 N–H and O–H groups in total.